The monoisotopic (exact) mass is 320 g/mol. The van der Waals surface area contributed by atoms with Gasteiger partial charge in [0.15, 0.2) is 0 Å². The highest BCUT2D eigenvalue weighted by atomic mass is 16.5. The van der Waals surface area contributed by atoms with Gasteiger partial charge in [-0.3, -0.25) is 9.59 Å². The molecule has 23 heavy (non-hydrogen) atoms. The lowest BCUT2D eigenvalue weighted by molar-refractivity contribution is -0.132. The first-order chi connectivity index (χ1) is 11.1. The molecule has 1 heterocycles. The van der Waals surface area contributed by atoms with Gasteiger partial charge in [-0.05, 0) is 24.8 Å². The summed E-state index contributed by atoms with van der Waals surface area (Å²) in [5.74, 6) is -0.524. The van der Waals surface area contributed by atoms with Crippen LogP contribution in [-0.2, 0) is 25.5 Å². The van der Waals surface area contributed by atoms with E-state index >= 15 is 0 Å². The Morgan fingerprint density at radius 1 is 1.30 bits per heavy atom. The maximum atomic E-state index is 12.1. The first-order valence-corrected chi connectivity index (χ1v) is 7.96. The summed E-state index contributed by atoms with van der Waals surface area (Å²) in [5, 5.41) is 2.98. The third-order valence-electron chi connectivity index (χ3n) is 3.80. The summed E-state index contributed by atoms with van der Waals surface area (Å²) in [6, 6.07) is 9.96. The zero-order chi connectivity index (χ0) is 16.5. The van der Waals surface area contributed by atoms with Crippen LogP contribution in [0, 0.1) is 0 Å². The van der Waals surface area contributed by atoms with Crippen molar-refractivity contribution in [3.8, 4) is 0 Å². The van der Waals surface area contributed by atoms with E-state index in [2.05, 4.69) is 17.4 Å². The van der Waals surface area contributed by atoms with Gasteiger partial charge < -0.3 is 20.5 Å². The molecule has 0 aromatic heterocycles. The van der Waals surface area contributed by atoms with Gasteiger partial charge in [-0.2, -0.15) is 0 Å². The van der Waals surface area contributed by atoms with E-state index in [4.69, 9.17) is 15.2 Å². The highest BCUT2D eigenvalue weighted by Gasteiger charge is 2.28. The molecule has 0 unspecified atom stereocenters. The summed E-state index contributed by atoms with van der Waals surface area (Å²) in [4.78, 5) is 22.9. The van der Waals surface area contributed by atoms with Crippen LogP contribution in [0.4, 0.5) is 0 Å². The summed E-state index contributed by atoms with van der Waals surface area (Å²) in [6.07, 6.45) is 2.49. The number of nitrogens with two attached hydrogens (primary N) is 1. The molecule has 6 nitrogen and oxygen atoms in total. The highest BCUT2D eigenvalue weighted by molar-refractivity contribution is 5.76. The quantitative estimate of drug-likeness (QED) is 0.741. The van der Waals surface area contributed by atoms with Crippen molar-refractivity contribution in [3.63, 3.8) is 0 Å². The fourth-order valence-electron chi connectivity index (χ4n) is 2.61. The molecule has 2 atom stereocenters. The number of amides is 2. The van der Waals surface area contributed by atoms with E-state index in [0.717, 1.165) is 12.8 Å². The predicted octanol–water partition coefficient (Wildman–Crippen LogP) is 0.785. The minimum Gasteiger partial charge on any atom is -0.379 e. The zero-order valence-electron chi connectivity index (χ0n) is 13.2. The van der Waals surface area contributed by atoms with Crippen LogP contribution < -0.4 is 11.1 Å². The average Bonchev–Trinajstić information content (AvgIpc) is 2.55. The number of carbonyl (C=O) groups is 2. The summed E-state index contributed by atoms with van der Waals surface area (Å²) < 4.78 is 10.8. The van der Waals surface area contributed by atoms with Crippen LogP contribution in [0.5, 0.6) is 0 Å². The third-order valence-corrected chi connectivity index (χ3v) is 3.80. The number of benzene rings is 1. The van der Waals surface area contributed by atoms with Crippen LogP contribution in [0.25, 0.3) is 0 Å². The molecule has 3 N–H and O–H groups in total. The van der Waals surface area contributed by atoms with E-state index < -0.39 is 5.91 Å². The number of carbonyl (C=O) groups excluding carboxylic acids is 2. The molecule has 2 rings (SSSR count). The molecule has 0 saturated carbocycles. The van der Waals surface area contributed by atoms with Crippen LogP contribution in [-0.4, -0.2) is 43.8 Å². The van der Waals surface area contributed by atoms with Crippen molar-refractivity contribution >= 4 is 11.8 Å². The summed E-state index contributed by atoms with van der Waals surface area (Å²) >= 11 is 0. The van der Waals surface area contributed by atoms with Crippen molar-refractivity contribution in [2.75, 3.05) is 19.8 Å². The van der Waals surface area contributed by atoms with Gasteiger partial charge in [0.25, 0.3) is 0 Å². The Kier molecular flexibility index (Phi) is 7.03. The topological polar surface area (TPSA) is 90.7 Å². The maximum Gasteiger partial charge on any atom is 0.243 e. The number of rotatable bonds is 8. The smallest absolute Gasteiger partial charge is 0.243 e. The molecule has 2 amide bonds. The van der Waals surface area contributed by atoms with Crippen molar-refractivity contribution in [2.45, 2.75) is 37.8 Å². The lowest BCUT2D eigenvalue weighted by Gasteiger charge is -2.31. The molecule has 6 heteroatoms. The van der Waals surface area contributed by atoms with Crippen LogP contribution in [0.3, 0.4) is 0 Å². The van der Waals surface area contributed by atoms with Gasteiger partial charge >= 0.3 is 0 Å². The largest absolute Gasteiger partial charge is 0.379 e. The Bertz CT molecular complexity index is 507. The lowest BCUT2D eigenvalue weighted by atomic mass is 10.0. The Morgan fingerprint density at radius 3 is 2.83 bits per heavy atom. The molecule has 0 radical (unpaired) electrons. The fourth-order valence-corrected chi connectivity index (χ4v) is 2.61. The van der Waals surface area contributed by atoms with Crippen molar-refractivity contribution in [1.82, 2.24) is 5.32 Å². The van der Waals surface area contributed by atoms with Gasteiger partial charge in [0.2, 0.25) is 11.8 Å². The predicted molar refractivity (Wildman–Crippen MR) is 85.7 cm³/mol. The van der Waals surface area contributed by atoms with Gasteiger partial charge in [-0.15, -0.1) is 0 Å². The molecule has 0 bridgehead atoms. The molecule has 1 aliphatic rings. The van der Waals surface area contributed by atoms with Crippen LogP contribution in [0.2, 0.25) is 0 Å². The summed E-state index contributed by atoms with van der Waals surface area (Å²) in [7, 11) is 0. The Hall–Kier alpha value is -1.92. The summed E-state index contributed by atoms with van der Waals surface area (Å²) in [6.45, 7) is 0.780. The maximum absolute atomic E-state index is 12.1. The van der Waals surface area contributed by atoms with Gasteiger partial charge in [-0.25, -0.2) is 0 Å². The van der Waals surface area contributed by atoms with Crippen molar-refractivity contribution in [3.05, 3.63) is 35.9 Å². The molecule has 1 fully saturated rings. The number of ether oxygens (including phenoxy) is 2. The van der Waals surface area contributed by atoms with E-state index in [-0.39, 0.29) is 24.7 Å². The number of nitrogens with one attached hydrogen (secondary N) is 1. The van der Waals surface area contributed by atoms with Crippen molar-refractivity contribution in [2.24, 2.45) is 5.73 Å². The second-order valence-corrected chi connectivity index (χ2v) is 5.69. The molecule has 1 aromatic carbocycles. The number of hydrogen-bond acceptors (Lipinski definition) is 4. The number of hydrogen-bond donors (Lipinski definition) is 2. The van der Waals surface area contributed by atoms with E-state index in [1.807, 2.05) is 18.2 Å². The van der Waals surface area contributed by atoms with Crippen LogP contribution >= 0.6 is 0 Å². The molecule has 1 aliphatic heterocycles. The molecular weight excluding hydrogens is 296 g/mol. The second kappa shape index (κ2) is 9.27. The van der Waals surface area contributed by atoms with E-state index in [0.29, 0.717) is 26.1 Å². The second-order valence-electron chi connectivity index (χ2n) is 5.69. The average molecular weight is 320 g/mol. The molecule has 0 spiro atoms. The van der Waals surface area contributed by atoms with Crippen molar-refractivity contribution < 1.29 is 19.1 Å². The Labute approximate surface area is 136 Å². The first-order valence-electron chi connectivity index (χ1n) is 7.96. The van der Waals surface area contributed by atoms with E-state index in [9.17, 15) is 9.59 Å². The summed E-state index contributed by atoms with van der Waals surface area (Å²) in [5.41, 5.74) is 6.32. The molecule has 0 aliphatic carbocycles. The Balaban J connectivity index is 1.72. The third kappa shape index (κ3) is 6.38. The molecule has 1 saturated heterocycles. The zero-order valence-corrected chi connectivity index (χ0v) is 13.2. The van der Waals surface area contributed by atoms with Gasteiger partial charge in [0.05, 0.1) is 12.6 Å². The van der Waals surface area contributed by atoms with Gasteiger partial charge in [0.1, 0.15) is 12.7 Å². The number of aryl methyl sites for hydroxylation is 1. The van der Waals surface area contributed by atoms with Crippen LogP contribution in [0.1, 0.15) is 24.8 Å². The van der Waals surface area contributed by atoms with Crippen molar-refractivity contribution in [1.29, 1.82) is 0 Å². The first kappa shape index (κ1) is 17.4. The fraction of sp³-hybridized carbons (Fsp3) is 0.529. The lowest BCUT2D eigenvalue weighted by Crippen LogP contribution is -2.50. The van der Waals surface area contributed by atoms with E-state index in [1.54, 1.807) is 0 Å². The Morgan fingerprint density at radius 2 is 2.09 bits per heavy atom. The number of primary amides is 1. The minimum atomic E-state index is -0.525. The highest BCUT2D eigenvalue weighted by Crippen LogP contribution is 2.12. The van der Waals surface area contributed by atoms with Crippen LogP contribution in [0.15, 0.2) is 30.3 Å². The molecular formula is C17H24N2O4. The van der Waals surface area contributed by atoms with E-state index in [1.165, 1.54) is 5.56 Å². The molecule has 126 valence electrons. The molecule has 1 aromatic rings. The minimum absolute atomic E-state index is 0.000469. The standard InChI is InChI=1S/C17H24N2O4/c18-16(20)12-23-15-11-22-10-9-14(15)19-17(21)8-4-7-13-5-2-1-3-6-13/h1-3,5-6,14-15H,4,7-12H2,(H2,18,20)(H,19,21)/t14-,15-/m1/s1. The van der Waals surface area contributed by atoms with Gasteiger partial charge in [-0.1, -0.05) is 30.3 Å². The normalized spacial score (nSPS) is 20.9. The van der Waals surface area contributed by atoms with Gasteiger partial charge in [0, 0.05) is 13.0 Å². The SMILES string of the molecule is NC(=O)CO[C@@H]1COCC[C@H]1NC(=O)CCCc1ccccc1.